The van der Waals surface area contributed by atoms with Gasteiger partial charge in [0.1, 0.15) is 0 Å². The molecule has 1 heterocycles. The lowest BCUT2D eigenvalue weighted by Crippen LogP contribution is -2.62. The van der Waals surface area contributed by atoms with Gasteiger partial charge in [0, 0.05) is 16.0 Å². The molecule has 1 N–H and O–H groups in total. The van der Waals surface area contributed by atoms with Gasteiger partial charge in [0.2, 0.25) is 0 Å². The summed E-state index contributed by atoms with van der Waals surface area (Å²) in [4.78, 5) is 0. The van der Waals surface area contributed by atoms with Gasteiger partial charge >= 0.3 is 0 Å². The van der Waals surface area contributed by atoms with E-state index >= 15 is 0 Å². The Hall–Kier alpha value is 0.560. The highest BCUT2D eigenvalue weighted by Gasteiger charge is 2.56. The molecule has 17 heavy (non-hydrogen) atoms. The SMILES string of the molecule is CC[SH](CO)C(C)C1OCC12CCCCC2Cl. The smallest absolute Gasteiger partial charge is 0.0767 e. The van der Waals surface area contributed by atoms with E-state index in [4.69, 9.17) is 16.3 Å². The van der Waals surface area contributed by atoms with Gasteiger partial charge in [0.15, 0.2) is 0 Å². The van der Waals surface area contributed by atoms with Crippen LogP contribution in [0.25, 0.3) is 0 Å². The summed E-state index contributed by atoms with van der Waals surface area (Å²) in [5.41, 5.74) is 0.226. The van der Waals surface area contributed by atoms with E-state index in [0.717, 1.165) is 18.8 Å². The van der Waals surface area contributed by atoms with Gasteiger partial charge in [-0.1, -0.05) is 26.7 Å². The van der Waals surface area contributed by atoms with Gasteiger partial charge in [0.05, 0.1) is 18.6 Å². The van der Waals surface area contributed by atoms with E-state index in [1.165, 1.54) is 19.3 Å². The molecule has 2 rings (SSSR count). The van der Waals surface area contributed by atoms with Crippen molar-refractivity contribution in [3.63, 3.8) is 0 Å². The first-order valence-electron chi connectivity index (χ1n) is 6.76. The minimum absolute atomic E-state index is 0.226. The average Bonchev–Trinajstić information content (AvgIpc) is 2.30. The lowest BCUT2D eigenvalue weighted by molar-refractivity contribution is -0.196. The van der Waals surface area contributed by atoms with E-state index in [1.807, 2.05) is 0 Å². The Morgan fingerprint density at radius 3 is 2.76 bits per heavy atom. The number of rotatable bonds is 4. The van der Waals surface area contributed by atoms with Crippen LogP contribution in [0.15, 0.2) is 0 Å². The highest BCUT2D eigenvalue weighted by molar-refractivity contribution is 8.17. The summed E-state index contributed by atoms with van der Waals surface area (Å²) in [6.07, 6.45) is 5.20. The van der Waals surface area contributed by atoms with E-state index < -0.39 is 0 Å². The first-order valence-corrected chi connectivity index (χ1v) is 8.98. The van der Waals surface area contributed by atoms with Gasteiger partial charge < -0.3 is 9.84 Å². The Morgan fingerprint density at radius 2 is 2.29 bits per heavy atom. The maximum atomic E-state index is 9.46. The van der Waals surface area contributed by atoms with Crippen molar-refractivity contribution in [1.82, 2.24) is 0 Å². The quantitative estimate of drug-likeness (QED) is 0.613. The Bertz CT molecular complexity index is 260. The third kappa shape index (κ3) is 2.36. The highest BCUT2D eigenvalue weighted by atomic mass is 35.5. The molecule has 102 valence electrons. The Labute approximate surface area is 112 Å². The molecule has 5 atom stereocenters. The van der Waals surface area contributed by atoms with Gasteiger partial charge in [-0.3, -0.25) is 0 Å². The number of thiol groups is 1. The van der Waals surface area contributed by atoms with E-state index in [2.05, 4.69) is 13.8 Å². The molecule has 4 heteroatoms. The maximum Gasteiger partial charge on any atom is 0.0767 e. The van der Waals surface area contributed by atoms with Crippen molar-refractivity contribution < 1.29 is 9.84 Å². The lowest BCUT2D eigenvalue weighted by atomic mass is 9.66. The first kappa shape index (κ1) is 14.0. The van der Waals surface area contributed by atoms with Gasteiger partial charge in [-0.05, 0) is 18.6 Å². The summed E-state index contributed by atoms with van der Waals surface area (Å²) in [5, 5.41) is 10.2. The second kappa shape index (κ2) is 5.68. The Balaban J connectivity index is 2.06. The van der Waals surface area contributed by atoms with Crippen LogP contribution < -0.4 is 0 Å². The third-order valence-electron chi connectivity index (χ3n) is 4.67. The molecule has 1 spiro atoms. The molecule has 0 aromatic carbocycles. The minimum atomic E-state index is -0.309. The molecule has 1 saturated carbocycles. The Morgan fingerprint density at radius 1 is 1.53 bits per heavy atom. The van der Waals surface area contributed by atoms with Crippen LogP contribution >= 0.6 is 22.5 Å². The molecule has 0 aromatic rings. The predicted molar refractivity (Wildman–Crippen MR) is 76.4 cm³/mol. The zero-order chi connectivity index (χ0) is 12.5. The second-order valence-electron chi connectivity index (χ2n) is 5.47. The largest absolute Gasteiger partial charge is 0.387 e. The van der Waals surface area contributed by atoms with Gasteiger partial charge in [-0.25, -0.2) is 10.9 Å². The average molecular weight is 281 g/mol. The molecule has 2 nitrogen and oxygen atoms in total. The predicted octanol–water partition coefficient (Wildman–Crippen LogP) is 2.91. The van der Waals surface area contributed by atoms with Crippen molar-refractivity contribution in [3.05, 3.63) is 0 Å². The molecular weight excluding hydrogens is 256 g/mol. The van der Waals surface area contributed by atoms with Crippen LogP contribution in [0.3, 0.4) is 0 Å². The van der Waals surface area contributed by atoms with Gasteiger partial charge in [0.25, 0.3) is 0 Å². The van der Waals surface area contributed by atoms with Crippen molar-refractivity contribution in [2.45, 2.75) is 56.3 Å². The standard InChI is InChI=1S/C13H25ClO2S/c1-3-17(9-15)10(2)12-13(8-16-12)7-5-4-6-11(13)14/h10-12,15,17H,3-9H2,1-2H3. The number of hydrogen-bond acceptors (Lipinski definition) is 2. The fourth-order valence-corrected chi connectivity index (χ4v) is 5.68. The molecule has 1 aliphatic heterocycles. The highest BCUT2D eigenvalue weighted by Crippen LogP contribution is 2.54. The van der Waals surface area contributed by atoms with Crippen LogP contribution in [0.5, 0.6) is 0 Å². The summed E-state index contributed by atoms with van der Waals surface area (Å²) in [6, 6.07) is 0. The first-order chi connectivity index (χ1) is 8.15. The van der Waals surface area contributed by atoms with Crippen LogP contribution in [0, 0.1) is 5.41 Å². The van der Waals surface area contributed by atoms with Crippen molar-refractivity contribution in [3.8, 4) is 0 Å². The summed E-state index contributed by atoms with van der Waals surface area (Å²) in [7, 11) is -0.309. The van der Waals surface area contributed by atoms with Crippen LogP contribution in [-0.2, 0) is 4.74 Å². The van der Waals surface area contributed by atoms with Crippen LogP contribution in [-0.4, -0.2) is 40.1 Å². The van der Waals surface area contributed by atoms with E-state index in [1.54, 1.807) is 0 Å². The van der Waals surface area contributed by atoms with E-state index in [0.29, 0.717) is 17.3 Å². The topological polar surface area (TPSA) is 29.5 Å². The molecule has 0 amide bonds. The number of aliphatic hydroxyl groups is 1. The normalized spacial score (nSPS) is 42.0. The van der Waals surface area contributed by atoms with Crippen molar-refractivity contribution in [2.24, 2.45) is 5.41 Å². The molecule has 0 radical (unpaired) electrons. The zero-order valence-electron chi connectivity index (χ0n) is 10.9. The van der Waals surface area contributed by atoms with Gasteiger partial charge in [-0.15, -0.1) is 11.6 Å². The fraction of sp³-hybridized carbons (Fsp3) is 1.00. The number of halogens is 1. The molecule has 1 aliphatic carbocycles. The number of ether oxygens (including phenoxy) is 1. The molecule has 5 unspecified atom stereocenters. The lowest BCUT2D eigenvalue weighted by Gasteiger charge is -2.57. The molecule has 2 fully saturated rings. The number of hydrogen-bond donors (Lipinski definition) is 2. The fourth-order valence-electron chi connectivity index (χ4n) is 3.43. The van der Waals surface area contributed by atoms with Gasteiger partial charge in [-0.2, -0.15) is 0 Å². The molecule has 0 bridgehead atoms. The molecule has 1 saturated heterocycles. The molecular formula is C13H25ClO2S. The van der Waals surface area contributed by atoms with E-state index in [9.17, 15) is 5.11 Å². The van der Waals surface area contributed by atoms with E-state index in [-0.39, 0.29) is 21.7 Å². The van der Waals surface area contributed by atoms with Crippen LogP contribution in [0.4, 0.5) is 0 Å². The second-order valence-corrected chi connectivity index (χ2v) is 8.90. The Kier molecular flexibility index (Phi) is 4.67. The monoisotopic (exact) mass is 280 g/mol. The van der Waals surface area contributed by atoms with Crippen molar-refractivity contribution >= 4 is 22.5 Å². The summed E-state index contributed by atoms with van der Waals surface area (Å²) >= 11 is 6.57. The third-order valence-corrected chi connectivity index (χ3v) is 7.93. The molecule has 2 aliphatic rings. The van der Waals surface area contributed by atoms with Crippen molar-refractivity contribution in [1.29, 1.82) is 0 Å². The summed E-state index contributed by atoms with van der Waals surface area (Å²) in [5.74, 6) is 1.41. The zero-order valence-corrected chi connectivity index (χ0v) is 12.5. The molecule has 0 aromatic heterocycles. The van der Waals surface area contributed by atoms with Crippen LogP contribution in [0.1, 0.15) is 39.5 Å². The number of aliphatic hydroxyl groups excluding tert-OH is 1. The summed E-state index contributed by atoms with van der Waals surface area (Å²) < 4.78 is 5.86. The maximum absolute atomic E-state index is 9.46. The summed E-state index contributed by atoms with van der Waals surface area (Å²) in [6.45, 7) is 5.26. The minimum Gasteiger partial charge on any atom is -0.387 e. The van der Waals surface area contributed by atoms with Crippen LogP contribution in [0.2, 0.25) is 0 Å². The number of alkyl halides is 1. The van der Waals surface area contributed by atoms with Crippen molar-refractivity contribution in [2.75, 3.05) is 18.3 Å².